The SMILES string of the molecule is C[C@H]1CN(C(=O)COc2ccccc2Cl)c2ccccc2NC1=O. The molecule has 0 saturated carbocycles. The first-order chi connectivity index (χ1) is 11.6. The standard InChI is InChI=1S/C18H17ClN2O3/c1-12-10-21(15-8-4-3-7-14(15)20-18(12)23)17(22)11-24-16-9-5-2-6-13(16)19/h2-9,12H,10-11H2,1H3,(H,20,23)/t12-/m0/s1. The van der Waals surface area contributed by atoms with Crippen molar-refractivity contribution >= 4 is 34.8 Å². The van der Waals surface area contributed by atoms with Crippen molar-refractivity contribution in [2.24, 2.45) is 5.92 Å². The van der Waals surface area contributed by atoms with Crippen molar-refractivity contribution in [1.82, 2.24) is 0 Å². The second-order valence-corrected chi connectivity index (χ2v) is 6.04. The molecule has 1 heterocycles. The van der Waals surface area contributed by atoms with Crippen LogP contribution in [0, 0.1) is 5.92 Å². The molecule has 2 amide bonds. The van der Waals surface area contributed by atoms with Crippen LogP contribution in [0.2, 0.25) is 5.02 Å². The fourth-order valence-electron chi connectivity index (χ4n) is 2.54. The van der Waals surface area contributed by atoms with Gasteiger partial charge in [0.05, 0.1) is 22.3 Å². The summed E-state index contributed by atoms with van der Waals surface area (Å²) in [6, 6.07) is 14.2. The summed E-state index contributed by atoms with van der Waals surface area (Å²) in [6.07, 6.45) is 0. The molecule has 124 valence electrons. The largest absolute Gasteiger partial charge is 0.482 e. The van der Waals surface area contributed by atoms with Gasteiger partial charge in [-0.05, 0) is 24.3 Å². The third-order valence-corrected chi connectivity index (χ3v) is 4.16. The Bertz CT molecular complexity index is 778. The highest BCUT2D eigenvalue weighted by Gasteiger charge is 2.28. The minimum absolute atomic E-state index is 0.107. The molecule has 0 spiro atoms. The van der Waals surface area contributed by atoms with Crippen LogP contribution in [0.5, 0.6) is 5.75 Å². The Morgan fingerprint density at radius 1 is 1.25 bits per heavy atom. The van der Waals surface area contributed by atoms with Gasteiger partial charge in [0.15, 0.2) is 6.61 Å². The van der Waals surface area contributed by atoms with Crippen LogP contribution >= 0.6 is 11.6 Å². The highest BCUT2D eigenvalue weighted by molar-refractivity contribution is 6.32. The van der Waals surface area contributed by atoms with E-state index < -0.39 is 0 Å². The summed E-state index contributed by atoms with van der Waals surface area (Å²) in [5.41, 5.74) is 1.29. The van der Waals surface area contributed by atoms with Gasteiger partial charge in [0, 0.05) is 6.54 Å². The van der Waals surface area contributed by atoms with Crippen LogP contribution in [-0.2, 0) is 9.59 Å². The Morgan fingerprint density at radius 3 is 2.75 bits per heavy atom. The fourth-order valence-corrected chi connectivity index (χ4v) is 2.73. The van der Waals surface area contributed by atoms with E-state index in [-0.39, 0.29) is 24.3 Å². The molecule has 5 nitrogen and oxygen atoms in total. The van der Waals surface area contributed by atoms with E-state index >= 15 is 0 Å². The van der Waals surface area contributed by atoms with Crippen LogP contribution in [-0.4, -0.2) is 25.0 Å². The number of nitrogens with zero attached hydrogens (tertiary/aromatic N) is 1. The monoisotopic (exact) mass is 344 g/mol. The van der Waals surface area contributed by atoms with E-state index in [2.05, 4.69) is 5.32 Å². The highest BCUT2D eigenvalue weighted by Crippen LogP contribution is 2.30. The van der Waals surface area contributed by atoms with Gasteiger partial charge in [0.25, 0.3) is 5.91 Å². The summed E-state index contributed by atoms with van der Waals surface area (Å²) in [5.74, 6) is -0.199. The average Bonchev–Trinajstić information content (AvgIpc) is 2.71. The van der Waals surface area contributed by atoms with Crippen molar-refractivity contribution in [1.29, 1.82) is 0 Å². The fraction of sp³-hybridized carbons (Fsp3) is 0.222. The molecule has 0 unspecified atom stereocenters. The van der Waals surface area contributed by atoms with Crippen LogP contribution in [0.1, 0.15) is 6.92 Å². The molecule has 24 heavy (non-hydrogen) atoms. The maximum atomic E-state index is 12.7. The Hall–Kier alpha value is -2.53. The molecule has 1 N–H and O–H groups in total. The molecule has 0 bridgehead atoms. The van der Waals surface area contributed by atoms with Crippen LogP contribution in [0.15, 0.2) is 48.5 Å². The number of amides is 2. The minimum atomic E-state index is -0.318. The van der Waals surface area contributed by atoms with Crippen LogP contribution < -0.4 is 15.0 Å². The van der Waals surface area contributed by atoms with Crippen molar-refractivity contribution in [3.8, 4) is 5.75 Å². The number of para-hydroxylation sites is 3. The van der Waals surface area contributed by atoms with Crippen molar-refractivity contribution < 1.29 is 14.3 Å². The summed E-state index contributed by atoms with van der Waals surface area (Å²) in [6.45, 7) is 1.93. The summed E-state index contributed by atoms with van der Waals surface area (Å²) in [7, 11) is 0. The van der Waals surface area contributed by atoms with Gasteiger partial charge in [-0.25, -0.2) is 0 Å². The van der Waals surface area contributed by atoms with Gasteiger partial charge >= 0.3 is 0 Å². The number of fused-ring (bicyclic) bond motifs is 1. The van der Waals surface area contributed by atoms with Crippen molar-refractivity contribution in [3.05, 3.63) is 53.6 Å². The first kappa shape index (κ1) is 16.3. The number of halogens is 1. The van der Waals surface area contributed by atoms with Gasteiger partial charge in [-0.15, -0.1) is 0 Å². The van der Waals surface area contributed by atoms with Gasteiger partial charge in [-0.2, -0.15) is 0 Å². The molecule has 2 aromatic carbocycles. The van der Waals surface area contributed by atoms with E-state index in [0.29, 0.717) is 28.7 Å². The number of hydrogen-bond donors (Lipinski definition) is 1. The molecule has 0 radical (unpaired) electrons. The Kier molecular flexibility index (Phi) is 4.71. The summed E-state index contributed by atoms with van der Waals surface area (Å²) >= 11 is 6.04. The summed E-state index contributed by atoms with van der Waals surface area (Å²) in [5, 5.41) is 3.30. The minimum Gasteiger partial charge on any atom is -0.482 e. The summed E-state index contributed by atoms with van der Waals surface area (Å²) < 4.78 is 5.54. The van der Waals surface area contributed by atoms with Crippen molar-refractivity contribution in [2.45, 2.75) is 6.92 Å². The van der Waals surface area contributed by atoms with Crippen molar-refractivity contribution in [2.75, 3.05) is 23.4 Å². The van der Waals surface area contributed by atoms with Crippen LogP contribution in [0.25, 0.3) is 0 Å². The molecular formula is C18H17ClN2O3. The molecule has 0 saturated heterocycles. The molecule has 3 rings (SSSR count). The number of carbonyl (C=O) groups is 2. The molecule has 6 heteroatoms. The lowest BCUT2D eigenvalue weighted by Crippen LogP contribution is -2.38. The molecule has 2 aromatic rings. The van der Waals surface area contributed by atoms with Gasteiger partial charge in [-0.3, -0.25) is 9.59 Å². The predicted molar refractivity (Wildman–Crippen MR) is 93.5 cm³/mol. The Balaban J connectivity index is 1.80. The predicted octanol–water partition coefficient (Wildman–Crippen LogP) is 3.34. The molecule has 0 aromatic heterocycles. The number of hydrogen-bond acceptors (Lipinski definition) is 3. The number of nitrogens with one attached hydrogen (secondary N) is 1. The smallest absolute Gasteiger partial charge is 0.264 e. The zero-order valence-electron chi connectivity index (χ0n) is 13.2. The number of carbonyl (C=O) groups excluding carboxylic acids is 2. The van der Waals surface area contributed by atoms with Crippen LogP contribution in [0.3, 0.4) is 0 Å². The zero-order valence-corrected chi connectivity index (χ0v) is 13.9. The van der Waals surface area contributed by atoms with E-state index in [1.54, 1.807) is 48.2 Å². The lowest BCUT2D eigenvalue weighted by molar-refractivity contribution is -0.121. The quantitative estimate of drug-likeness (QED) is 0.929. The molecular weight excluding hydrogens is 328 g/mol. The van der Waals surface area contributed by atoms with E-state index in [9.17, 15) is 9.59 Å². The van der Waals surface area contributed by atoms with Crippen molar-refractivity contribution in [3.63, 3.8) is 0 Å². The normalized spacial score (nSPS) is 16.8. The second-order valence-electron chi connectivity index (χ2n) is 5.63. The number of benzene rings is 2. The van der Waals surface area contributed by atoms with Gasteiger partial charge in [0.2, 0.25) is 5.91 Å². The Labute approximate surface area is 145 Å². The van der Waals surface area contributed by atoms with Gasteiger partial charge < -0.3 is 15.0 Å². The highest BCUT2D eigenvalue weighted by atomic mass is 35.5. The van der Waals surface area contributed by atoms with Gasteiger partial charge in [0.1, 0.15) is 5.75 Å². The first-order valence-corrected chi connectivity index (χ1v) is 8.01. The van der Waals surface area contributed by atoms with Gasteiger partial charge in [-0.1, -0.05) is 42.8 Å². The number of anilines is 2. The van der Waals surface area contributed by atoms with E-state index in [1.165, 1.54) is 0 Å². The number of ether oxygens (including phenoxy) is 1. The maximum Gasteiger partial charge on any atom is 0.264 e. The third kappa shape index (κ3) is 3.36. The third-order valence-electron chi connectivity index (χ3n) is 3.85. The molecule has 1 aliphatic heterocycles. The summed E-state index contributed by atoms with van der Waals surface area (Å²) in [4.78, 5) is 26.3. The van der Waals surface area contributed by atoms with E-state index in [4.69, 9.17) is 16.3 Å². The second kappa shape index (κ2) is 6.93. The van der Waals surface area contributed by atoms with Crippen LogP contribution in [0.4, 0.5) is 11.4 Å². The maximum absolute atomic E-state index is 12.7. The zero-order chi connectivity index (χ0) is 17.1. The molecule has 0 fully saturated rings. The average molecular weight is 345 g/mol. The first-order valence-electron chi connectivity index (χ1n) is 7.64. The van der Waals surface area contributed by atoms with E-state index in [1.807, 2.05) is 12.1 Å². The molecule has 1 atom stereocenters. The van der Waals surface area contributed by atoms with E-state index in [0.717, 1.165) is 0 Å². The Morgan fingerprint density at radius 2 is 1.96 bits per heavy atom. The topological polar surface area (TPSA) is 58.6 Å². The molecule has 0 aliphatic carbocycles. The number of rotatable bonds is 3. The molecule has 1 aliphatic rings. The lowest BCUT2D eigenvalue weighted by atomic mass is 10.1. The lowest BCUT2D eigenvalue weighted by Gasteiger charge is -2.23.